The Morgan fingerprint density at radius 3 is 1.65 bits per heavy atom. The van der Waals surface area contributed by atoms with E-state index >= 15 is 0 Å². The van der Waals surface area contributed by atoms with Gasteiger partial charge in [0.25, 0.3) is 0 Å². The standard InChI is InChI=1S/C35H31NO4/c37-34(40-21-32-28-13-3-1-9-24(28)25-10-2-4-14-29(25)32)36-22-17-35(38,18-23(36)20-39-19-22)33-30-15-7-5-11-26(30)27-12-6-8-16-31(27)33/h1-16,22-23,32-33,38H,17-21H2. The molecule has 0 spiro atoms. The predicted molar refractivity (Wildman–Crippen MR) is 153 cm³/mol. The first kappa shape index (κ1) is 23.9. The Morgan fingerprint density at radius 1 is 0.725 bits per heavy atom. The highest BCUT2D eigenvalue weighted by atomic mass is 16.6. The summed E-state index contributed by atoms with van der Waals surface area (Å²) in [7, 11) is 0. The zero-order valence-electron chi connectivity index (χ0n) is 22.2. The Morgan fingerprint density at radius 2 is 1.15 bits per heavy atom. The van der Waals surface area contributed by atoms with Crippen LogP contribution in [-0.2, 0) is 9.47 Å². The summed E-state index contributed by atoms with van der Waals surface area (Å²) in [6.45, 7) is 1.09. The van der Waals surface area contributed by atoms with Crippen molar-refractivity contribution < 1.29 is 19.4 Å². The molecule has 4 aromatic rings. The van der Waals surface area contributed by atoms with E-state index in [1.807, 2.05) is 17.0 Å². The van der Waals surface area contributed by atoms with Gasteiger partial charge in [-0.25, -0.2) is 4.79 Å². The van der Waals surface area contributed by atoms with Crippen LogP contribution in [0.2, 0.25) is 0 Å². The van der Waals surface area contributed by atoms with Crippen molar-refractivity contribution in [3.05, 3.63) is 119 Å². The second-order valence-electron chi connectivity index (χ2n) is 11.7. The summed E-state index contributed by atoms with van der Waals surface area (Å²) in [5.41, 5.74) is 8.56. The highest BCUT2D eigenvalue weighted by Crippen LogP contribution is 2.54. The second kappa shape index (κ2) is 9.05. The minimum Gasteiger partial charge on any atom is -0.448 e. The fraction of sp³-hybridized carbons (Fsp3) is 0.286. The summed E-state index contributed by atoms with van der Waals surface area (Å²) in [5.74, 6) is -0.117. The van der Waals surface area contributed by atoms with Crippen LogP contribution in [0.15, 0.2) is 97.1 Å². The van der Waals surface area contributed by atoms with Crippen molar-refractivity contribution >= 4 is 6.09 Å². The number of piperidine rings is 1. The Kier molecular flexibility index (Phi) is 5.41. The molecule has 0 radical (unpaired) electrons. The van der Waals surface area contributed by atoms with Gasteiger partial charge in [0.1, 0.15) is 6.61 Å². The molecule has 1 amide bonds. The van der Waals surface area contributed by atoms with E-state index in [0.29, 0.717) is 26.1 Å². The van der Waals surface area contributed by atoms with Gasteiger partial charge in [0.15, 0.2) is 0 Å². The fourth-order valence-corrected chi connectivity index (χ4v) is 7.95. The van der Waals surface area contributed by atoms with Crippen LogP contribution in [0.3, 0.4) is 0 Å². The minimum absolute atomic E-state index is 0.0145. The maximum absolute atomic E-state index is 13.7. The summed E-state index contributed by atoms with van der Waals surface area (Å²) in [5, 5.41) is 12.4. The maximum atomic E-state index is 13.7. The van der Waals surface area contributed by atoms with E-state index in [4.69, 9.17) is 9.47 Å². The van der Waals surface area contributed by atoms with Gasteiger partial charge in [0, 0.05) is 11.8 Å². The van der Waals surface area contributed by atoms with Crippen LogP contribution in [0.1, 0.15) is 46.9 Å². The first-order valence-corrected chi connectivity index (χ1v) is 14.2. The molecule has 2 fully saturated rings. The maximum Gasteiger partial charge on any atom is 0.410 e. The lowest BCUT2D eigenvalue weighted by Gasteiger charge is -2.52. The number of benzene rings is 4. The second-order valence-corrected chi connectivity index (χ2v) is 11.7. The van der Waals surface area contributed by atoms with Gasteiger partial charge < -0.3 is 14.6 Å². The molecule has 0 saturated carbocycles. The third kappa shape index (κ3) is 3.51. The summed E-state index contributed by atoms with van der Waals surface area (Å²) in [6.07, 6.45) is 0.580. The molecular weight excluding hydrogens is 498 g/mol. The van der Waals surface area contributed by atoms with Gasteiger partial charge in [0.05, 0.1) is 30.9 Å². The number of rotatable bonds is 3. The quantitative estimate of drug-likeness (QED) is 0.336. The molecule has 2 aliphatic heterocycles. The van der Waals surface area contributed by atoms with Gasteiger partial charge >= 0.3 is 6.09 Å². The average molecular weight is 530 g/mol. The average Bonchev–Trinajstić information content (AvgIpc) is 3.49. The first-order valence-electron chi connectivity index (χ1n) is 14.2. The van der Waals surface area contributed by atoms with Crippen molar-refractivity contribution in [2.45, 2.75) is 42.4 Å². The van der Waals surface area contributed by atoms with E-state index < -0.39 is 5.60 Å². The molecule has 5 nitrogen and oxygen atoms in total. The van der Waals surface area contributed by atoms with E-state index in [0.717, 1.165) is 0 Å². The summed E-state index contributed by atoms with van der Waals surface area (Å²) >= 11 is 0. The first-order chi connectivity index (χ1) is 19.6. The van der Waals surface area contributed by atoms with E-state index in [2.05, 4.69) is 84.9 Å². The van der Waals surface area contributed by atoms with Crippen LogP contribution in [0, 0.1) is 0 Å². The lowest BCUT2D eigenvalue weighted by Crippen LogP contribution is -2.64. The number of carbonyl (C=O) groups is 1. The van der Waals surface area contributed by atoms with Crippen molar-refractivity contribution in [1.29, 1.82) is 0 Å². The van der Waals surface area contributed by atoms with E-state index in [1.165, 1.54) is 44.5 Å². The molecule has 5 heteroatoms. The highest BCUT2D eigenvalue weighted by Gasteiger charge is 2.54. The smallest absolute Gasteiger partial charge is 0.410 e. The molecule has 40 heavy (non-hydrogen) atoms. The third-order valence-electron chi connectivity index (χ3n) is 9.50. The molecule has 2 bridgehead atoms. The molecule has 1 N–H and O–H groups in total. The van der Waals surface area contributed by atoms with Gasteiger partial charge in [-0.05, 0) is 57.3 Å². The Bertz CT molecular complexity index is 1520. The van der Waals surface area contributed by atoms with Crippen molar-refractivity contribution in [2.24, 2.45) is 0 Å². The summed E-state index contributed by atoms with van der Waals surface area (Å²) in [4.78, 5) is 15.5. The third-order valence-corrected chi connectivity index (χ3v) is 9.50. The van der Waals surface area contributed by atoms with Crippen LogP contribution in [-0.4, -0.2) is 53.6 Å². The Labute approximate surface area is 234 Å². The van der Waals surface area contributed by atoms with Crippen LogP contribution in [0.5, 0.6) is 0 Å². The van der Waals surface area contributed by atoms with Crippen LogP contribution < -0.4 is 0 Å². The lowest BCUT2D eigenvalue weighted by molar-refractivity contribution is -0.137. The van der Waals surface area contributed by atoms with Gasteiger partial charge in [-0.2, -0.15) is 0 Å². The molecule has 8 rings (SSSR count). The highest BCUT2D eigenvalue weighted by molar-refractivity contribution is 5.80. The topological polar surface area (TPSA) is 59.0 Å². The van der Waals surface area contributed by atoms with Crippen molar-refractivity contribution in [3.8, 4) is 22.3 Å². The molecule has 2 aliphatic carbocycles. The van der Waals surface area contributed by atoms with Crippen molar-refractivity contribution in [3.63, 3.8) is 0 Å². The zero-order chi connectivity index (χ0) is 26.8. The zero-order valence-corrected chi connectivity index (χ0v) is 22.2. The minimum atomic E-state index is -0.984. The number of hydrogen-bond acceptors (Lipinski definition) is 4. The van der Waals surface area contributed by atoms with Crippen LogP contribution in [0.4, 0.5) is 4.79 Å². The van der Waals surface area contributed by atoms with Crippen molar-refractivity contribution in [2.75, 3.05) is 19.8 Å². The monoisotopic (exact) mass is 529 g/mol. The Balaban J connectivity index is 1.05. The SMILES string of the molecule is O=C(OCC1c2ccccc2-c2ccccc21)N1C2COCC1CC(O)(C1c3ccccc3-c3ccccc31)C2. The largest absolute Gasteiger partial charge is 0.448 e. The molecule has 2 atom stereocenters. The molecule has 2 saturated heterocycles. The van der Waals surface area contributed by atoms with Gasteiger partial charge in [0.2, 0.25) is 0 Å². The van der Waals surface area contributed by atoms with Crippen LogP contribution in [0.25, 0.3) is 22.3 Å². The number of aliphatic hydroxyl groups is 1. The van der Waals surface area contributed by atoms with Gasteiger partial charge in [-0.3, -0.25) is 4.90 Å². The number of hydrogen-bond donors (Lipinski definition) is 1. The molecule has 2 heterocycles. The molecule has 2 unspecified atom stereocenters. The van der Waals surface area contributed by atoms with Crippen LogP contribution >= 0.6 is 0 Å². The fourth-order valence-electron chi connectivity index (χ4n) is 7.95. The predicted octanol–water partition coefficient (Wildman–Crippen LogP) is 6.34. The number of morpholine rings is 1. The molecule has 4 aromatic carbocycles. The van der Waals surface area contributed by atoms with E-state index in [9.17, 15) is 9.90 Å². The molecule has 200 valence electrons. The molecular formula is C35H31NO4. The number of nitrogens with zero attached hydrogens (tertiary/aromatic N) is 1. The van der Waals surface area contributed by atoms with Gasteiger partial charge in [-0.1, -0.05) is 97.1 Å². The molecule has 0 aromatic heterocycles. The van der Waals surface area contributed by atoms with Crippen molar-refractivity contribution in [1.82, 2.24) is 4.90 Å². The number of fused-ring (bicyclic) bond motifs is 8. The normalized spacial score (nSPS) is 24.7. The summed E-state index contributed by atoms with van der Waals surface area (Å²) in [6, 6.07) is 33.1. The molecule has 4 aliphatic rings. The number of amides is 1. The Hall–Kier alpha value is -3.93. The number of ether oxygens (including phenoxy) is 2. The van der Waals surface area contributed by atoms with Gasteiger partial charge in [-0.15, -0.1) is 0 Å². The summed E-state index contributed by atoms with van der Waals surface area (Å²) < 4.78 is 12.0. The number of carbonyl (C=O) groups excluding carboxylic acids is 1. The van der Waals surface area contributed by atoms with E-state index in [1.54, 1.807) is 0 Å². The lowest BCUT2D eigenvalue weighted by atomic mass is 9.70. The van der Waals surface area contributed by atoms with E-state index in [-0.39, 0.29) is 36.6 Å².